The van der Waals surface area contributed by atoms with Gasteiger partial charge in [-0.15, -0.1) is 0 Å². The highest BCUT2D eigenvalue weighted by atomic mass is 32.2. The summed E-state index contributed by atoms with van der Waals surface area (Å²) in [6.45, 7) is 2.08. The zero-order valence-corrected chi connectivity index (χ0v) is 16.7. The quantitative estimate of drug-likeness (QED) is 0.734. The lowest BCUT2D eigenvalue weighted by atomic mass is 10.1. The number of sulfone groups is 1. The molecule has 0 aromatic heterocycles. The normalized spacial score (nSPS) is 25.6. The maximum absolute atomic E-state index is 12.1. The fourth-order valence-electron chi connectivity index (χ4n) is 3.33. The van der Waals surface area contributed by atoms with Crippen LogP contribution in [0.2, 0.25) is 0 Å². The maximum Gasteiger partial charge on any atom is 0.274 e. The number of amidine groups is 1. The molecular formula is C18H24N2O4S2. The number of benzene rings is 1. The minimum absolute atomic E-state index is 0.0819. The summed E-state index contributed by atoms with van der Waals surface area (Å²) in [6.07, 6.45) is 3.31. The molecule has 1 aromatic rings. The van der Waals surface area contributed by atoms with E-state index < -0.39 is 9.84 Å². The Morgan fingerprint density at radius 3 is 2.69 bits per heavy atom. The lowest BCUT2D eigenvalue weighted by molar-refractivity contribution is -0.121. The molecule has 0 radical (unpaired) electrons. The van der Waals surface area contributed by atoms with Gasteiger partial charge in [-0.05, 0) is 30.5 Å². The van der Waals surface area contributed by atoms with Crippen LogP contribution in [-0.4, -0.2) is 56.0 Å². The molecule has 0 N–H and O–H groups in total. The molecular weight excluding hydrogens is 372 g/mol. The number of ether oxygens (including phenoxy) is 1. The van der Waals surface area contributed by atoms with Crippen molar-refractivity contribution in [3.63, 3.8) is 0 Å². The molecule has 0 spiro atoms. The van der Waals surface area contributed by atoms with E-state index >= 15 is 0 Å². The number of methoxy groups -OCH3 is 1. The van der Waals surface area contributed by atoms with Gasteiger partial charge in [0.1, 0.15) is 6.61 Å². The summed E-state index contributed by atoms with van der Waals surface area (Å²) in [4.78, 5) is 18.0. The number of hydrogen-bond acceptors (Lipinski definition) is 5. The smallest absolute Gasteiger partial charge is 0.274 e. The first kappa shape index (κ1) is 19.4. The molecule has 2 atom stereocenters. The average molecular weight is 397 g/mol. The Kier molecular flexibility index (Phi) is 6.04. The fraction of sp³-hybridized carbons (Fsp3) is 0.556. The van der Waals surface area contributed by atoms with Crippen LogP contribution in [0.1, 0.15) is 25.3 Å². The molecule has 0 aliphatic carbocycles. The van der Waals surface area contributed by atoms with Gasteiger partial charge in [0.05, 0.1) is 17.5 Å². The van der Waals surface area contributed by atoms with E-state index in [0.717, 1.165) is 24.9 Å². The molecule has 2 saturated heterocycles. The summed E-state index contributed by atoms with van der Waals surface area (Å²) < 4.78 is 29.0. The van der Waals surface area contributed by atoms with Crippen molar-refractivity contribution < 1.29 is 17.9 Å². The zero-order chi connectivity index (χ0) is 18.7. The second kappa shape index (κ2) is 8.10. The van der Waals surface area contributed by atoms with Crippen LogP contribution >= 0.6 is 11.8 Å². The highest BCUT2D eigenvalue weighted by Gasteiger charge is 2.49. The number of aliphatic imine (C=N–C) groups is 1. The molecule has 2 fully saturated rings. The van der Waals surface area contributed by atoms with Gasteiger partial charge >= 0.3 is 0 Å². The molecule has 8 heteroatoms. The Labute approximate surface area is 158 Å². The number of amides is 1. The fourth-order valence-corrected chi connectivity index (χ4v) is 7.26. The molecule has 0 bridgehead atoms. The van der Waals surface area contributed by atoms with E-state index in [0.29, 0.717) is 5.17 Å². The van der Waals surface area contributed by atoms with Gasteiger partial charge in [-0.25, -0.2) is 8.42 Å². The van der Waals surface area contributed by atoms with Crippen LogP contribution < -0.4 is 4.90 Å². The Bertz CT molecular complexity index is 790. The highest BCUT2D eigenvalue weighted by molar-refractivity contribution is 8.16. The molecule has 2 aliphatic heterocycles. The van der Waals surface area contributed by atoms with Crippen molar-refractivity contribution in [1.29, 1.82) is 0 Å². The predicted molar refractivity (Wildman–Crippen MR) is 106 cm³/mol. The molecule has 142 valence electrons. The third-order valence-electron chi connectivity index (χ3n) is 4.59. The number of carbonyl (C=O) groups is 1. The summed E-state index contributed by atoms with van der Waals surface area (Å²) in [6, 6.07) is 7.95. The van der Waals surface area contributed by atoms with Crippen molar-refractivity contribution in [2.24, 2.45) is 4.99 Å². The molecule has 6 nitrogen and oxygen atoms in total. The number of unbranched alkanes of at least 4 members (excludes halogenated alkanes) is 1. The standard InChI is InChI=1S/C18H24N2O4S2/c1-3-4-5-13-6-8-14(9-7-13)20-15-11-26(22,23)12-16(15)25-18(20)19-17(21)10-24-2/h6-9,15-16H,3-5,10-12H2,1-2H3/t15-,16+/m1/s1. The number of fused-ring (bicyclic) bond motifs is 1. The zero-order valence-electron chi connectivity index (χ0n) is 15.1. The van der Waals surface area contributed by atoms with Crippen LogP contribution in [0.4, 0.5) is 5.69 Å². The van der Waals surface area contributed by atoms with E-state index in [2.05, 4.69) is 24.0 Å². The van der Waals surface area contributed by atoms with Crippen LogP contribution in [0, 0.1) is 0 Å². The lowest BCUT2D eigenvalue weighted by Crippen LogP contribution is -2.37. The summed E-state index contributed by atoms with van der Waals surface area (Å²) >= 11 is 1.38. The van der Waals surface area contributed by atoms with Gasteiger partial charge in [-0.3, -0.25) is 4.79 Å². The molecule has 2 heterocycles. The van der Waals surface area contributed by atoms with Crippen LogP contribution in [-0.2, 0) is 25.8 Å². The van der Waals surface area contributed by atoms with Crippen molar-refractivity contribution in [2.45, 2.75) is 37.5 Å². The Morgan fingerprint density at radius 2 is 2.04 bits per heavy atom. The first-order valence-electron chi connectivity index (χ1n) is 8.79. The number of nitrogens with zero attached hydrogens (tertiary/aromatic N) is 2. The van der Waals surface area contributed by atoms with Crippen molar-refractivity contribution in [1.82, 2.24) is 0 Å². The maximum atomic E-state index is 12.1. The van der Waals surface area contributed by atoms with Gasteiger partial charge in [-0.2, -0.15) is 4.99 Å². The highest BCUT2D eigenvalue weighted by Crippen LogP contribution is 2.41. The van der Waals surface area contributed by atoms with Crippen molar-refractivity contribution >= 4 is 38.4 Å². The van der Waals surface area contributed by atoms with Crippen LogP contribution in [0.15, 0.2) is 29.3 Å². The molecule has 2 aliphatic rings. The largest absolute Gasteiger partial charge is 0.375 e. The van der Waals surface area contributed by atoms with E-state index in [1.807, 2.05) is 17.0 Å². The summed E-state index contributed by atoms with van der Waals surface area (Å²) in [5, 5.41) is 0.479. The molecule has 26 heavy (non-hydrogen) atoms. The van der Waals surface area contributed by atoms with Gasteiger partial charge < -0.3 is 9.64 Å². The van der Waals surface area contributed by atoms with Gasteiger partial charge in [0.25, 0.3) is 5.91 Å². The minimum Gasteiger partial charge on any atom is -0.375 e. The summed E-state index contributed by atoms with van der Waals surface area (Å²) in [7, 11) is -1.60. The molecule has 0 unspecified atom stereocenters. The van der Waals surface area contributed by atoms with E-state index in [4.69, 9.17) is 4.74 Å². The molecule has 1 amide bonds. The molecule has 0 saturated carbocycles. The molecule has 3 rings (SSSR count). The summed E-state index contributed by atoms with van der Waals surface area (Å²) in [5.74, 6) is -0.132. The SMILES string of the molecule is CCCCc1ccc(N2C(=NC(=O)COC)S[C@H]3CS(=O)(=O)C[C@H]32)cc1. The number of anilines is 1. The number of rotatable bonds is 6. The second-order valence-electron chi connectivity index (χ2n) is 6.66. The van der Waals surface area contributed by atoms with E-state index in [-0.39, 0.29) is 35.3 Å². The van der Waals surface area contributed by atoms with Gasteiger partial charge in [-0.1, -0.05) is 37.2 Å². The van der Waals surface area contributed by atoms with E-state index in [1.165, 1.54) is 24.4 Å². The van der Waals surface area contributed by atoms with Crippen LogP contribution in [0.25, 0.3) is 0 Å². The number of carbonyl (C=O) groups excluding carboxylic acids is 1. The van der Waals surface area contributed by atoms with Crippen molar-refractivity contribution in [3.8, 4) is 0 Å². The van der Waals surface area contributed by atoms with Crippen molar-refractivity contribution in [2.75, 3.05) is 30.1 Å². The van der Waals surface area contributed by atoms with E-state index in [9.17, 15) is 13.2 Å². The first-order chi connectivity index (χ1) is 12.4. The minimum atomic E-state index is -3.06. The lowest BCUT2D eigenvalue weighted by Gasteiger charge is -2.24. The van der Waals surface area contributed by atoms with Gasteiger partial charge in [0.15, 0.2) is 15.0 Å². The number of thioether (sulfide) groups is 1. The predicted octanol–water partition coefficient (Wildman–Crippen LogP) is 2.28. The van der Waals surface area contributed by atoms with Crippen molar-refractivity contribution in [3.05, 3.63) is 29.8 Å². The Hall–Kier alpha value is -1.38. The Balaban J connectivity index is 1.89. The second-order valence-corrected chi connectivity index (χ2v) is 10.0. The first-order valence-corrected chi connectivity index (χ1v) is 11.5. The third kappa shape index (κ3) is 4.29. The van der Waals surface area contributed by atoms with E-state index in [1.54, 1.807) is 0 Å². The Morgan fingerprint density at radius 1 is 1.31 bits per heavy atom. The van der Waals surface area contributed by atoms with Gasteiger partial charge in [0, 0.05) is 18.0 Å². The average Bonchev–Trinajstić information content (AvgIpc) is 3.04. The van der Waals surface area contributed by atoms with Gasteiger partial charge in [0.2, 0.25) is 0 Å². The van der Waals surface area contributed by atoms with Crippen LogP contribution in [0.3, 0.4) is 0 Å². The monoisotopic (exact) mass is 396 g/mol. The molecule has 1 aromatic carbocycles. The number of hydrogen-bond donors (Lipinski definition) is 0. The van der Waals surface area contributed by atoms with Crippen LogP contribution in [0.5, 0.6) is 0 Å². The third-order valence-corrected chi connectivity index (χ3v) is 7.80. The topological polar surface area (TPSA) is 76.0 Å². The summed E-state index contributed by atoms with van der Waals surface area (Å²) in [5.41, 5.74) is 2.14. The number of aryl methyl sites for hydroxylation is 1.